The van der Waals surface area contributed by atoms with Gasteiger partial charge in [-0.2, -0.15) is 0 Å². The highest BCUT2D eigenvalue weighted by Gasteiger charge is 2.16. The zero-order valence-corrected chi connectivity index (χ0v) is 12.9. The summed E-state index contributed by atoms with van der Waals surface area (Å²) in [5.74, 6) is 0.832. The molecule has 1 heterocycles. The normalized spacial score (nSPS) is 15.7. The number of piperazine rings is 1. The summed E-state index contributed by atoms with van der Waals surface area (Å²) >= 11 is 0. The average Bonchev–Trinajstić information content (AvgIpc) is 2.46. The van der Waals surface area contributed by atoms with E-state index in [1.54, 1.807) is 0 Å². The van der Waals surface area contributed by atoms with Gasteiger partial charge in [-0.25, -0.2) is 0 Å². The summed E-state index contributed by atoms with van der Waals surface area (Å²) in [7, 11) is 0. The first-order chi connectivity index (χ1) is 9.58. The largest absolute Gasteiger partial charge is 0.340 e. The minimum atomic E-state index is 0.292. The van der Waals surface area contributed by atoms with Gasteiger partial charge in [-0.15, -0.1) is 0 Å². The number of amides is 1. The third kappa shape index (κ3) is 3.83. The van der Waals surface area contributed by atoms with E-state index in [-0.39, 0.29) is 0 Å². The molecule has 0 atom stereocenters. The van der Waals surface area contributed by atoms with Crippen molar-refractivity contribution in [2.75, 3.05) is 26.2 Å². The number of carbonyl (C=O) groups is 1. The van der Waals surface area contributed by atoms with Crippen LogP contribution in [0.15, 0.2) is 18.2 Å². The molecule has 0 bridgehead atoms. The van der Waals surface area contributed by atoms with E-state index < -0.39 is 0 Å². The van der Waals surface area contributed by atoms with Crippen molar-refractivity contribution in [3.05, 3.63) is 34.9 Å². The van der Waals surface area contributed by atoms with Crippen molar-refractivity contribution in [1.82, 2.24) is 10.2 Å². The van der Waals surface area contributed by atoms with Crippen LogP contribution in [0.2, 0.25) is 0 Å². The molecular formula is C17H26N2O. The minimum absolute atomic E-state index is 0.292. The molecule has 0 saturated carbocycles. The lowest BCUT2D eigenvalue weighted by Crippen LogP contribution is -2.46. The number of nitrogens with one attached hydrogen (secondary N) is 1. The second-order valence-electron chi connectivity index (χ2n) is 5.97. The first-order valence-electron chi connectivity index (χ1n) is 7.66. The van der Waals surface area contributed by atoms with Gasteiger partial charge in [-0.1, -0.05) is 32.0 Å². The van der Waals surface area contributed by atoms with E-state index in [2.05, 4.69) is 44.3 Å². The maximum absolute atomic E-state index is 12.2. The molecule has 110 valence electrons. The van der Waals surface area contributed by atoms with Crippen LogP contribution < -0.4 is 5.32 Å². The van der Waals surface area contributed by atoms with Crippen LogP contribution in [0, 0.1) is 6.92 Å². The summed E-state index contributed by atoms with van der Waals surface area (Å²) in [6.45, 7) is 10.1. The third-order valence-electron chi connectivity index (χ3n) is 4.12. The molecule has 1 amide bonds. The quantitative estimate of drug-likeness (QED) is 0.915. The molecule has 1 fully saturated rings. The van der Waals surface area contributed by atoms with Crippen LogP contribution in [-0.4, -0.2) is 37.0 Å². The van der Waals surface area contributed by atoms with E-state index in [0.29, 0.717) is 18.2 Å². The van der Waals surface area contributed by atoms with Crippen LogP contribution in [0.1, 0.15) is 42.9 Å². The van der Waals surface area contributed by atoms with Crippen molar-refractivity contribution in [2.45, 2.75) is 39.5 Å². The van der Waals surface area contributed by atoms with Gasteiger partial charge in [0.1, 0.15) is 0 Å². The molecule has 0 aliphatic carbocycles. The molecule has 2 rings (SSSR count). The monoisotopic (exact) mass is 274 g/mol. The van der Waals surface area contributed by atoms with Crippen molar-refractivity contribution in [1.29, 1.82) is 0 Å². The van der Waals surface area contributed by atoms with Crippen molar-refractivity contribution in [2.24, 2.45) is 0 Å². The van der Waals surface area contributed by atoms with Gasteiger partial charge in [0.25, 0.3) is 0 Å². The van der Waals surface area contributed by atoms with Crippen LogP contribution in [-0.2, 0) is 11.2 Å². The summed E-state index contributed by atoms with van der Waals surface area (Å²) in [6, 6.07) is 6.65. The standard InChI is InChI=1S/C17H26N2O/c1-13(2)15-5-4-14(3)16(12-15)6-7-17(20)19-10-8-18-9-11-19/h4-5,12-13,18H,6-11H2,1-3H3. The molecule has 1 aliphatic rings. The maximum Gasteiger partial charge on any atom is 0.222 e. The first kappa shape index (κ1) is 15.0. The molecule has 1 aliphatic heterocycles. The number of carbonyl (C=O) groups excluding carboxylic acids is 1. The molecule has 3 heteroatoms. The van der Waals surface area contributed by atoms with Gasteiger partial charge in [0.05, 0.1) is 0 Å². The molecule has 1 aromatic rings. The van der Waals surface area contributed by atoms with Crippen LogP contribution in [0.4, 0.5) is 0 Å². The van der Waals surface area contributed by atoms with Crippen LogP contribution in [0.3, 0.4) is 0 Å². The van der Waals surface area contributed by atoms with E-state index in [9.17, 15) is 4.79 Å². The highest BCUT2D eigenvalue weighted by atomic mass is 16.2. The molecular weight excluding hydrogens is 248 g/mol. The highest BCUT2D eigenvalue weighted by molar-refractivity contribution is 5.76. The molecule has 0 unspecified atom stereocenters. The summed E-state index contributed by atoms with van der Waals surface area (Å²) in [6.07, 6.45) is 1.48. The zero-order chi connectivity index (χ0) is 14.5. The van der Waals surface area contributed by atoms with Crippen molar-refractivity contribution < 1.29 is 4.79 Å². The Morgan fingerprint density at radius 3 is 2.65 bits per heavy atom. The Labute approximate surface area is 122 Å². The molecule has 3 nitrogen and oxygen atoms in total. The fraction of sp³-hybridized carbons (Fsp3) is 0.588. The lowest BCUT2D eigenvalue weighted by atomic mass is 9.95. The van der Waals surface area contributed by atoms with Crippen LogP contribution in [0.25, 0.3) is 0 Å². The number of aryl methyl sites for hydroxylation is 2. The van der Waals surface area contributed by atoms with E-state index in [1.807, 2.05) is 4.90 Å². The number of hydrogen-bond donors (Lipinski definition) is 1. The van der Waals surface area contributed by atoms with Crippen molar-refractivity contribution >= 4 is 5.91 Å². The summed E-state index contributed by atoms with van der Waals surface area (Å²) in [4.78, 5) is 14.2. The summed E-state index contributed by atoms with van der Waals surface area (Å²) in [5.41, 5.74) is 3.97. The molecule has 1 saturated heterocycles. The fourth-order valence-corrected chi connectivity index (χ4v) is 2.63. The molecule has 1 aromatic carbocycles. The topological polar surface area (TPSA) is 32.3 Å². The van der Waals surface area contributed by atoms with Gasteiger partial charge in [-0.3, -0.25) is 4.79 Å². The predicted molar refractivity (Wildman–Crippen MR) is 83.0 cm³/mol. The number of nitrogens with zero attached hydrogens (tertiary/aromatic N) is 1. The average molecular weight is 274 g/mol. The molecule has 0 radical (unpaired) electrons. The first-order valence-corrected chi connectivity index (χ1v) is 7.66. The Morgan fingerprint density at radius 2 is 2.00 bits per heavy atom. The van der Waals surface area contributed by atoms with Gasteiger partial charge < -0.3 is 10.2 Å². The Morgan fingerprint density at radius 1 is 1.30 bits per heavy atom. The molecule has 20 heavy (non-hydrogen) atoms. The fourth-order valence-electron chi connectivity index (χ4n) is 2.63. The Balaban J connectivity index is 1.95. The molecule has 1 N–H and O–H groups in total. The minimum Gasteiger partial charge on any atom is -0.340 e. The highest BCUT2D eigenvalue weighted by Crippen LogP contribution is 2.20. The smallest absolute Gasteiger partial charge is 0.222 e. The van der Waals surface area contributed by atoms with Crippen LogP contribution in [0.5, 0.6) is 0 Å². The number of benzene rings is 1. The Hall–Kier alpha value is -1.35. The van der Waals surface area contributed by atoms with Gasteiger partial charge in [0, 0.05) is 32.6 Å². The van der Waals surface area contributed by atoms with E-state index in [4.69, 9.17) is 0 Å². The zero-order valence-electron chi connectivity index (χ0n) is 12.9. The second-order valence-corrected chi connectivity index (χ2v) is 5.97. The third-order valence-corrected chi connectivity index (χ3v) is 4.12. The number of rotatable bonds is 4. The van der Waals surface area contributed by atoms with Crippen molar-refractivity contribution in [3.8, 4) is 0 Å². The van der Waals surface area contributed by atoms with Crippen molar-refractivity contribution in [3.63, 3.8) is 0 Å². The Bertz CT molecular complexity index is 462. The van der Waals surface area contributed by atoms with Gasteiger partial charge in [0.15, 0.2) is 0 Å². The van der Waals surface area contributed by atoms with E-state index in [1.165, 1.54) is 16.7 Å². The van der Waals surface area contributed by atoms with E-state index >= 15 is 0 Å². The summed E-state index contributed by atoms with van der Waals surface area (Å²) < 4.78 is 0. The van der Waals surface area contributed by atoms with Gasteiger partial charge in [0.2, 0.25) is 5.91 Å². The number of hydrogen-bond acceptors (Lipinski definition) is 2. The van der Waals surface area contributed by atoms with Crippen LogP contribution >= 0.6 is 0 Å². The van der Waals surface area contributed by atoms with E-state index in [0.717, 1.165) is 32.6 Å². The lowest BCUT2D eigenvalue weighted by molar-refractivity contribution is -0.131. The molecule has 0 aromatic heterocycles. The second kappa shape index (κ2) is 6.89. The maximum atomic E-state index is 12.2. The predicted octanol–water partition coefficient (Wildman–Crippen LogP) is 2.48. The molecule has 0 spiro atoms. The van der Waals surface area contributed by atoms with Gasteiger partial charge >= 0.3 is 0 Å². The summed E-state index contributed by atoms with van der Waals surface area (Å²) in [5, 5.41) is 3.28. The Kier molecular flexibility index (Phi) is 5.18. The van der Waals surface area contributed by atoms with Gasteiger partial charge in [-0.05, 0) is 36.0 Å². The SMILES string of the molecule is Cc1ccc(C(C)C)cc1CCC(=O)N1CCNCC1. The lowest BCUT2D eigenvalue weighted by Gasteiger charge is -2.27.